The Bertz CT molecular complexity index is 831. The largest absolute Gasteiger partial charge is 0.323 e. The van der Waals surface area contributed by atoms with Crippen LogP contribution in [0.15, 0.2) is 58.3 Å². The second-order valence-corrected chi connectivity index (χ2v) is 7.51. The first-order valence-electron chi connectivity index (χ1n) is 8.96. The average Bonchev–Trinajstić information content (AvgIpc) is 3.35. The van der Waals surface area contributed by atoms with Crippen molar-refractivity contribution >= 4 is 35.0 Å². The number of nitrogens with one attached hydrogen (secondary N) is 2. The van der Waals surface area contributed by atoms with Crippen LogP contribution in [-0.4, -0.2) is 15.2 Å². The van der Waals surface area contributed by atoms with E-state index in [1.165, 1.54) is 18.5 Å². The highest BCUT2D eigenvalue weighted by Gasteiger charge is 2.22. The molecule has 1 aromatic carbocycles. The lowest BCUT2D eigenvalue weighted by Gasteiger charge is -2.06. The van der Waals surface area contributed by atoms with E-state index >= 15 is 0 Å². The van der Waals surface area contributed by atoms with E-state index in [1.807, 2.05) is 50.2 Å². The predicted octanol–water partition coefficient (Wildman–Crippen LogP) is 6.33. The van der Waals surface area contributed by atoms with Crippen LogP contribution >= 0.6 is 23.4 Å². The van der Waals surface area contributed by atoms with Crippen LogP contribution in [0.5, 0.6) is 0 Å². The molecule has 0 aliphatic heterocycles. The average molecular weight is 387 g/mol. The summed E-state index contributed by atoms with van der Waals surface area (Å²) in [6.45, 7) is 4.00. The second kappa shape index (κ2) is 9.10. The molecule has 1 aliphatic carbocycles. The van der Waals surface area contributed by atoms with Crippen LogP contribution in [0, 0.1) is 5.92 Å². The van der Waals surface area contributed by atoms with Crippen LogP contribution in [0.3, 0.4) is 0 Å². The number of nitrogens with zero attached hydrogens (tertiary/aromatic N) is 2. The Morgan fingerprint density at radius 1 is 1.08 bits per heavy atom. The molecule has 4 nitrogen and oxygen atoms in total. The minimum absolute atomic E-state index is 0.465. The summed E-state index contributed by atoms with van der Waals surface area (Å²) in [5.74, 6) is 2.30. The fraction of sp³-hybridized carbons (Fsp3) is 0.300. The molecule has 0 bridgehead atoms. The van der Waals surface area contributed by atoms with Crippen LogP contribution < -0.4 is 5.32 Å². The number of pyridine rings is 1. The van der Waals surface area contributed by atoms with Gasteiger partial charge < -0.3 is 5.32 Å². The lowest BCUT2D eigenvalue weighted by atomic mass is 10.2. The van der Waals surface area contributed by atoms with Crippen LogP contribution in [0.25, 0.3) is 0 Å². The molecule has 6 heteroatoms. The number of anilines is 2. The standard InChI is InChI=1S/C18H17ClN4S.C2H6/c19-16-10-15(24-14-4-2-1-3-5-14)11-17(20-16)21-18-9-13(22-23-18)8-12-6-7-12;1-2/h1-5,9-12H,6-8H2,(H2,20,21,22,23);1-2H3. The highest BCUT2D eigenvalue weighted by molar-refractivity contribution is 7.99. The fourth-order valence-electron chi connectivity index (χ4n) is 2.52. The van der Waals surface area contributed by atoms with Gasteiger partial charge in [0.05, 0.1) is 0 Å². The van der Waals surface area contributed by atoms with Crippen molar-refractivity contribution in [1.29, 1.82) is 0 Å². The highest BCUT2D eigenvalue weighted by atomic mass is 35.5. The first kappa shape index (κ1) is 18.8. The number of H-pyrrole nitrogens is 1. The summed E-state index contributed by atoms with van der Waals surface area (Å²) >= 11 is 7.83. The summed E-state index contributed by atoms with van der Waals surface area (Å²) in [7, 11) is 0. The van der Waals surface area contributed by atoms with Gasteiger partial charge in [-0.25, -0.2) is 4.98 Å². The van der Waals surface area contributed by atoms with Gasteiger partial charge in [-0.15, -0.1) is 0 Å². The van der Waals surface area contributed by atoms with Crippen molar-refractivity contribution in [2.24, 2.45) is 5.92 Å². The first-order valence-corrected chi connectivity index (χ1v) is 10.2. The molecule has 4 rings (SSSR count). The summed E-state index contributed by atoms with van der Waals surface area (Å²) in [5, 5.41) is 11.1. The van der Waals surface area contributed by atoms with Crippen molar-refractivity contribution in [1.82, 2.24) is 15.2 Å². The molecule has 0 saturated heterocycles. The zero-order chi connectivity index (χ0) is 18.4. The molecular weight excluding hydrogens is 364 g/mol. The maximum absolute atomic E-state index is 6.17. The Morgan fingerprint density at radius 2 is 1.85 bits per heavy atom. The van der Waals surface area contributed by atoms with Crippen LogP contribution in [0.1, 0.15) is 32.4 Å². The molecule has 3 aromatic rings. The number of rotatable bonds is 6. The minimum atomic E-state index is 0.465. The van der Waals surface area contributed by atoms with E-state index in [0.717, 1.165) is 27.9 Å². The number of benzene rings is 1. The SMILES string of the molecule is CC.Clc1cc(Sc2ccccc2)cc(Nc2cc(CC3CC3)[nH]n2)n1. The number of aromatic nitrogens is 3. The Kier molecular flexibility index (Phi) is 6.58. The fourth-order valence-corrected chi connectivity index (χ4v) is 3.70. The van der Waals surface area contributed by atoms with Crippen molar-refractivity contribution in [3.05, 3.63) is 59.4 Å². The summed E-state index contributed by atoms with van der Waals surface area (Å²) in [6, 6.07) is 16.1. The molecule has 2 N–H and O–H groups in total. The molecule has 0 amide bonds. The van der Waals surface area contributed by atoms with E-state index in [4.69, 9.17) is 11.6 Å². The van der Waals surface area contributed by atoms with Gasteiger partial charge in [-0.3, -0.25) is 5.10 Å². The molecule has 0 spiro atoms. The molecule has 26 heavy (non-hydrogen) atoms. The van der Waals surface area contributed by atoms with Crippen molar-refractivity contribution in [3.63, 3.8) is 0 Å². The van der Waals surface area contributed by atoms with Crippen molar-refractivity contribution in [2.75, 3.05) is 5.32 Å². The molecule has 0 atom stereocenters. The second-order valence-electron chi connectivity index (χ2n) is 5.98. The van der Waals surface area contributed by atoms with Gasteiger partial charge in [-0.2, -0.15) is 5.10 Å². The van der Waals surface area contributed by atoms with Crippen molar-refractivity contribution in [3.8, 4) is 0 Å². The van der Waals surface area contributed by atoms with Gasteiger partial charge >= 0.3 is 0 Å². The molecule has 0 unspecified atom stereocenters. The van der Waals surface area contributed by atoms with Crippen LogP contribution in [-0.2, 0) is 6.42 Å². The molecular formula is C20H23ClN4S. The Labute approximate surface area is 163 Å². The van der Waals surface area contributed by atoms with Crippen molar-refractivity contribution < 1.29 is 0 Å². The Hall–Kier alpha value is -1.98. The zero-order valence-electron chi connectivity index (χ0n) is 15.0. The van der Waals surface area contributed by atoms with E-state index in [1.54, 1.807) is 11.8 Å². The quantitative estimate of drug-likeness (QED) is 0.486. The summed E-state index contributed by atoms with van der Waals surface area (Å²) in [5.41, 5.74) is 1.17. The van der Waals surface area contributed by atoms with Gasteiger partial charge in [0.1, 0.15) is 11.0 Å². The number of hydrogen-bond acceptors (Lipinski definition) is 4. The topological polar surface area (TPSA) is 53.6 Å². The van der Waals surface area contributed by atoms with Gasteiger partial charge in [-0.1, -0.05) is 55.4 Å². The number of hydrogen-bond donors (Lipinski definition) is 2. The van der Waals surface area contributed by atoms with Gasteiger partial charge in [-0.05, 0) is 49.4 Å². The van der Waals surface area contributed by atoms with Gasteiger partial charge in [0.25, 0.3) is 0 Å². The molecule has 1 fully saturated rings. The normalized spacial score (nSPS) is 13.0. The summed E-state index contributed by atoms with van der Waals surface area (Å²) < 4.78 is 0. The summed E-state index contributed by atoms with van der Waals surface area (Å²) in [4.78, 5) is 6.54. The highest BCUT2D eigenvalue weighted by Crippen LogP contribution is 2.33. The molecule has 1 saturated carbocycles. The first-order chi connectivity index (χ1) is 12.7. The summed E-state index contributed by atoms with van der Waals surface area (Å²) in [6.07, 6.45) is 3.74. The monoisotopic (exact) mass is 386 g/mol. The van der Waals surface area contributed by atoms with Gasteiger partial charge in [0, 0.05) is 21.6 Å². The lowest BCUT2D eigenvalue weighted by Crippen LogP contribution is -1.94. The minimum Gasteiger partial charge on any atom is -0.323 e. The Balaban J connectivity index is 0.000000948. The number of halogens is 1. The Morgan fingerprint density at radius 3 is 2.58 bits per heavy atom. The maximum Gasteiger partial charge on any atom is 0.153 e. The molecule has 1 aliphatic rings. The predicted molar refractivity (Wildman–Crippen MR) is 109 cm³/mol. The molecule has 2 aromatic heterocycles. The van der Waals surface area contributed by atoms with E-state index in [-0.39, 0.29) is 0 Å². The zero-order valence-corrected chi connectivity index (χ0v) is 16.6. The van der Waals surface area contributed by atoms with E-state index in [0.29, 0.717) is 11.0 Å². The van der Waals surface area contributed by atoms with Crippen molar-refractivity contribution in [2.45, 2.75) is 42.9 Å². The van der Waals surface area contributed by atoms with Crippen LogP contribution in [0.4, 0.5) is 11.6 Å². The van der Waals surface area contributed by atoms with Gasteiger partial charge in [0.2, 0.25) is 0 Å². The third-order valence-electron chi connectivity index (χ3n) is 3.84. The maximum atomic E-state index is 6.17. The lowest BCUT2D eigenvalue weighted by molar-refractivity contribution is 0.796. The molecule has 2 heterocycles. The van der Waals surface area contributed by atoms with E-state index < -0.39 is 0 Å². The van der Waals surface area contributed by atoms with Gasteiger partial charge in [0.15, 0.2) is 5.82 Å². The third kappa shape index (κ3) is 5.51. The molecule has 136 valence electrons. The van der Waals surface area contributed by atoms with E-state index in [2.05, 4.69) is 32.6 Å². The smallest absolute Gasteiger partial charge is 0.153 e. The van der Waals surface area contributed by atoms with E-state index in [9.17, 15) is 0 Å². The number of aromatic amines is 1. The van der Waals surface area contributed by atoms with Crippen LogP contribution in [0.2, 0.25) is 5.15 Å². The third-order valence-corrected chi connectivity index (χ3v) is 5.01. The molecule has 0 radical (unpaired) electrons.